The van der Waals surface area contributed by atoms with Crippen molar-refractivity contribution in [3.05, 3.63) is 109 Å². The number of rotatable bonds is 37. The van der Waals surface area contributed by atoms with Crippen molar-refractivity contribution in [2.45, 2.75) is 148 Å². The van der Waals surface area contributed by atoms with Crippen LogP contribution in [-0.4, -0.2) is 75.5 Å². The second-order valence-electron chi connectivity index (χ2n) is 15.2. The number of carboxylic acids is 1. The first kappa shape index (κ1) is 54.0. The molecule has 0 aliphatic carbocycles. The lowest BCUT2D eigenvalue weighted by Gasteiger charge is -2.34. The fourth-order valence-electron chi connectivity index (χ4n) is 5.56. The molecule has 0 spiro atoms. The highest BCUT2D eigenvalue weighted by molar-refractivity contribution is 5.70. The van der Waals surface area contributed by atoms with Crippen LogP contribution in [0.1, 0.15) is 136 Å². The molecule has 0 aromatic heterocycles. The second kappa shape index (κ2) is 39.8. The van der Waals surface area contributed by atoms with Crippen LogP contribution in [0.3, 0.4) is 0 Å². The summed E-state index contributed by atoms with van der Waals surface area (Å²) in [5, 5.41) is 11.6. The number of quaternary nitrogens is 1. The molecule has 0 aromatic carbocycles. The predicted octanol–water partition coefficient (Wildman–Crippen LogP) is 10.7. The minimum absolute atomic E-state index is 0.00669. The van der Waals surface area contributed by atoms with Gasteiger partial charge in [0.15, 0.2) is 6.10 Å². The van der Waals surface area contributed by atoms with Crippen molar-refractivity contribution in [3.63, 3.8) is 0 Å². The predicted molar refractivity (Wildman–Crippen MR) is 240 cm³/mol. The Morgan fingerprint density at radius 1 is 0.517 bits per heavy atom. The Bertz CT molecular complexity index is 1310. The van der Waals surface area contributed by atoms with Crippen molar-refractivity contribution in [1.82, 2.24) is 0 Å². The highest BCUT2D eigenvalue weighted by Crippen LogP contribution is 2.11. The molecule has 0 rings (SSSR count). The first-order chi connectivity index (χ1) is 28.1. The first-order valence-electron chi connectivity index (χ1n) is 21.9. The van der Waals surface area contributed by atoms with Gasteiger partial charge >= 0.3 is 11.9 Å². The van der Waals surface area contributed by atoms with E-state index >= 15 is 0 Å². The molecule has 0 fully saturated rings. The normalized spacial score (nSPS) is 14.0. The maximum Gasteiger partial charge on any atom is 0.306 e. The van der Waals surface area contributed by atoms with Crippen LogP contribution in [0.2, 0.25) is 0 Å². The molecule has 2 unspecified atom stereocenters. The van der Waals surface area contributed by atoms with Crippen molar-refractivity contribution in [3.8, 4) is 0 Å². The third-order valence-corrected chi connectivity index (χ3v) is 8.90. The number of nitrogens with zero attached hydrogens (tertiary/aromatic N) is 1. The van der Waals surface area contributed by atoms with Crippen LogP contribution >= 0.6 is 0 Å². The zero-order valence-corrected chi connectivity index (χ0v) is 36.9. The van der Waals surface area contributed by atoms with Crippen molar-refractivity contribution in [2.75, 3.05) is 41.0 Å². The van der Waals surface area contributed by atoms with E-state index in [-0.39, 0.29) is 55.5 Å². The van der Waals surface area contributed by atoms with E-state index < -0.39 is 18.1 Å². The average Bonchev–Trinajstić information content (AvgIpc) is 3.18. The maximum atomic E-state index is 12.7. The van der Waals surface area contributed by atoms with Gasteiger partial charge in [0.1, 0.15) is 12.6 Å². The lowest BCUT2D eigenvalue weighted by atomic mass is 10.1. The Labute approximate surface area is 353 Å². The Morgan fingerprint density at radius 2 is 0.914 bits per heavy atom. The summed E-state index contributed by atoms with van der Waals surface area (Å²) < 4.78 is 17.1. The molecule has 0 bridgehead atoms. The van der Waals surface area contributed by atoms with Crippen molar-refractivity contribution in [1.29, 1.82) is 0 Å². The van der Waals surface area contributed by atoms with Gasteiger partial charge in [-0.25, -0.2) is 0 Å². The van der Waals surface area contributed by atoms with Crippen molar-refractivity contribution < 1.29 is 38.2 Å². The highest BCUT2D eigenvalue weighted by atomic mass is 16.6. The third-order valence-electron chi connectivity index (χ3n) is 8.90. The van der Waals surface area contributed by atoms with Gasteiger partial charge in [-0.2, -0.15) is 0 Å². The van der Waals surface area contributed by atoms with E-state index in [0.29, 0.717) is 12.8 Å². The Morgan fingerprint density at radius 3 is 1.34 bits per heavy atom. The minimum Gasteiger partial charge on any atom is -0.544 e. The van der Waals surface area contributed by atoms with Gasteiger partial charge in [0.25, 0.3) is 0 Å². The summed E-state index contributed by atoms with van der Waals surface area (Å²) in [7, 11) is 5.36. The van der Waals surface area contributed by atoms with Crippen LogP contribution in [0.4, 0.5) is 0 Å². The summed E-state index contributed by atoms with van der Waals surface area (Å²) in [4.78, 5) is 36.8. The van der Waals surface area contributed by atoms with E-state index in [1.165, 1.54) is 0 Å². The molecule has 0 N–H and O–H groups in total. The lowest BCUT2D eigenvalue weighted by molar-refractivity contribution is -0.889. The summed E-state index contributed by atoms with van der Waals surface area (Å²) in [6.07, 6.45) is 54.1. The van der Waals surface area contributed by atoms with E-state index in [4.69, 9.17) is 14.2 Å². The smallest absolute Gasteiger partial charge is 0.306 e. The number of hydrogen-bond donors (Lipinski definition) is 0. The minimum atomic E-state index is -1.14. The number of hydrogen-bond acceptors (Lipinski definition) is 7. The van der Waals surface area contributed by atoms with Crippen molar-refractivity contribution >= 4 is 17.9 Å². The van der Waals surface area contributed by atoms with E-state index in [0.717, 1.165) is 89.9 Å². The summed E-state index contributed by atoms with van der Waals surface area (Å²) in [6.45, 7) is 4.32. The van der Waals surface area contributed by atoms with Crippen LogP contribution < -0.4 is 5.11 Å². The average molecular weight is 806 g/mol. The van der Waals surface area contributed by atoms with Gasteiger partial charge in [-0.1, -0.05) is 130 Å². The molecule has 0 aromatic rings. The van der Waals surface area contributed by atoms with Crippen LogP contribution in [-0.2, 0) is 28.6 Å². The molecular weight excluding hydrogens is 727 g/mol. The molecule has 58 heavy (non-hydrogen) atoms. The van der Waals surface area contributed by atoms with Crippen LogP contribution in [0.25, 0.3) is 0 Å². The van der Waals surface area contributed by atoms with E-state index in [1.807, 2.05) is 0 Å². The van der Waals surface area contributed by atoms with Gasteiger partial charge in [-0.3, -0.25) is 9.59 Å². The number of allylic oxidation sites excluding steroid dienone is 18. The number of unbranched alkanes of at least 4 members (excludes halogenated alkanes) is 5. The number of esters is 2. The van der Waals surface area contributed by atoms with E-state index in [9.17, 15) is 19.5 Å². The Balaban J connectivity index is 4.47. The summed E-state index contributed by atoms with van der Waals surface area (Å²) in [6, 6.07) is -0.744. The van der Waals surface area contributed by atoms with Gasteiger partial charge < -0.3 is 28.6 Å². The van der Waals surface area contributed by atoms with Gasteiger partial charge in [-0.05, 0) is 96.3 Å². The molecule has 8 nitrogen and oxygen atoms in total. The fraction of sp³-hybridized carbons (Fsp3) is 0.580. The Hall–Kier alpha value is -4.01. The molecule has 0 radical (unpaired) electrons. The third kappa shape index (κ3) is 37.6. The molecular formula is C50H79NO7. The van der Waals surface area contributed by atoms with Gasteiger partial charge in [0.2, 0.25) is 0 Å². The Kier molecular flexibility index (Phi) is 37.0. The monoisotopic (exact) mass is 806 g/mol. The number of carbonyl (C=O) groups excluding carboxylic acids is 3. The standard InChI is InChI=1S/C50H79NO7/c1-6-8-10-12-14-16-18-20-21-22-23-24-25-26-27-28-29-31-33-35-37-39-41-49(53)58-46(44-56-43-42-47(50(54)55)51(3,4)5)45-57-48(52)40-38-36-34-32-30-19-17-15-13-11-9-7-2/h8-11,14-17,20-21,23-24,26-27,29-32,46-47H,6-7,12-13,18-19,22,25,28,33-45H2,1-5H3/b10-8+,11-9+,16-14+,17-15+,21-20+,24-23+,27-26+,31-29+,32-30+. The lowest BCUT2D eigenvalue weighted by Crippen LogP contribution is -2.55. The zero-order chi connectivity index (χ0) is 42.8. The molecule has 0 aliphatic rings. The molecule has 0 aliphatic heterocycles. The van der Waals surface area contributed by atoms with Crippen LogP contribution in [0.15, 0.2) is 109 Å². The molecule has 0 heterocycles. The number of carboxylic acid groups (broad SMARTS) is 1. The van der Waals surface area contributed by atoms with Crippen LogP contribution in [0.5, 0.6) is 0 Å². The molecule has 0 saturated heterocycles. The molecule has 326 valence electrons. The molecule has 2 atom stereocenters. The number of likely N-dealkylation sites (N-methyl/N-ethyl adjacent to an activating group) is 1. The summed E-state index contributed by atoms with van der Waals surface area (Å²) in [5.41, 5.74) is 0. The van der Waals surface area contributed by atoms with Gasteiger partial charge in [0, 0.05) is 19.3 Å². The highest BCUT2D eigenvalue weighted by Gasteiger charge is 2.25. The van der Waals surface area contributed by atoms with Crippen LogP contribution in [0, 0.1) is 0 Å². The zero-order valence-electron chi connectivity index (χ0n) is 36.9. The summed E-state index contributed by atoms with van der Waals surface area (Å²) in [5.74, 6) is -1.85. The second-order valence-corrected chi connectivity index (χ2v) is 15.2. The number of aliphatic carboxylic acids is 1. The molecule has 0 amide bonds. The topological polar surface area (TPSA) is 102 Å². The van der Waals surface area contributed by atoms with E-state index in [1.54, 1.807) is 21.1 Å². The van der Waals surface area contributed by atoms with E-state index in [2.05, 4.69) is 123 Å². The van der Waals surface area contributed by atoms with Gasteiger partial charge in [-0.15, -0.1) is 0 Å². The molecule has 8 heteroatoms. The first-order valence-corrected chi connectivity index (χ1v) is 21.9. The molecule has 0 saturated carbocycles. The largest absolute Gasteiger partial charge is 0.544 e. The number of ether oxygens (including phenoxy) is 3. The van der Waals surface area contributed by atoms with Crippen molar-refractivity contribution in [2.24, 2.45) is 0 Å². The maximum absolute atomic E-state index is 12.7. The number of carbonyl (C=O) groups is 3. The SMILES string of the molecule is CC/C=C/C/C=C/C/C=C/C/C=C/C/C=C/C/C=C/CCCCCC(=O)OC(COCCC(C(=O)[O-])[N+](C)(C)C)COC(=O)CCCC/C=C/C/C=C/C/C=C/CC. The quantitative estimate of drug-likeness (QED) is 0.0267. The fourth-order valence-corrected chi connectivity index (χ4v) is 5.56. The summed E-state index contributed by atoms with van der Waals surface area (Å²) >= 11 is 0. The van der Waals surface area contributed by atoms with Gasteiger partial charge in [0.05, 0.1) is 40.3 Å².